The highest BCUT2D eigenvalue weighted by atomic mass is 16.2. The summed E-state index contributed by atoms with van der Waals surface area (Å²) < 4.78 is 0. The summed E-state index contributed by atoms with van der Waals surface area (Å²) in [6.45, 7) is 11.2. The Labute approximate surface area is 135 Å². The molecule has 2 N–H and O–H groups in total. The number of amides is 2. The predicted molar refractivity (Wildman–Crippen MR) is 90.4 cm³/mol. The summed E-state index contributed by atoms with van der Waals surface area (Å²) in [5, 5.41) is 5.95. The zero-order valence-corrected chi connectivity index (χ0v) is 14.9. The highest BCUT2D eigenvalue weighted by Gasteiger charge is 2.29. The molecule has 1 rings (SSSR count). The van der Waals surface area contributed by atoms with Gasteiger partial charge in [-0.3, -0.25) is 9.59 Å². The van der Waals surface area contributed by atoms with Gasteiger partial charge in [-0.25, -0.2) is 0 Å². The summed E-state index contributed by atoms with van der Waals surface area (Å²) in [5.74, 6) is 1.49. The van der Waals surface area contributed by atoms with E-state index in [-0.39, 0.29) is 23.7 Å². The van der Waals surface area contributed by atoms with E-state index in [0.717, 1.165) is 38.0 Å². The smallest absolute Gasteiger partial charge is 0.242 e. The first-order chi connectivity index (χ1) is 10.3. The van der Waals surface area contributed by atoms with Gasteiger partial charge in [0.25, 0.3) is 0 Å². The van der Waals surface area contributed by atoms with Gasteiger partial charge in [0.2, 0.25) is 11.8 Å². The highest BCUT2D eigenvalue weighted by Crippen LogP contribution is 2.28. The van der Waals surface area contributed by atoms with Crippen molar-refractivity contribution in [3.63, 3.8) is 0 Å². The quantitative estimate of drug-likeness (QED) is 0.759. The van der Waals surface area contributed by atoms with Crippen LogP contribution in [0, 0.1) is 23.7 Å². The van der Waals surface area contributed by atoms with E-state index in [1.165, 1.54) is 0 Å². The Morgan fingerprint density at radius 3 is 2.14 bits per heavy atom. The van der Waals surface area contributed by atoms with Crippen LogP contribution in [0.5, 0.6) is 0 Å². The largest absolute Gasteiger partial charge is 0.354 e. The molecule has 0 bridgehead atoms. The first-order valence-electron chi connectivity index (χ1n) is 8.89. The van der Waals surface area contributed by atoms with Crippen LogP contribution in [-0.4, -0.2) is 24.4 Å². The maximum absolute atomic E-state index is 12.4. The third-order valence-electron chi connectivity index (χ3n) is 4.65. The van der Waals surface area contributed by atoms with Gasteiger partial charge in [0.15, 0.2) is 0 Å². The van der Waals surface area contributed by atoms with E-state index in [1.807, 2.05) is 13.8 Å². The molecule has 0 radical (unpaired) electrons. The molecule has 0 aromatic rings. The lowest BCUT2D eigenvalue weighted by Crippen LogP contribution is -2.51. The maximum Gasteiger partial charge on any atom is 0.242 e. The van der Waals surface area contributed by atoms with Crippen molar-refractivity contribution >= 4 is 11.8 Å². The van der Waals surface area contributed by atoms with E-state index < -0.39 is 6.04 Å². The molecule has 128 valence electrons. The molecule has 1 atom stereocenters. The third kappa shape index (κ3) is 6.37. The molecule has 1 aliphatic carbocycles. The van der Waals surface area contributed by atoms with Crippen LogP contribution in [0.15, 0.2) is 0 Å². The van der Waals surface area contributed by atoms with Gasteiger partial charge in [-0.05, 0) is 49.9 Å². The number of hydrogen-bond acceptors (Lipinski definition) is 2. The van der Waals surface area contributed by atoms with E-state index in [1.54, 1.807) is 0 Å². The van der Waals surface area contributed by atoms with Crippen molar-refractivity contribution in [2.24, 2.45) is 23.7 Å². The maximum atomic E-state index is 12.4. The normalized spacial score (nSPS) is 23.4. The van der Waals surface area contributed by atoms with Gasteiger partial charge in [0, 0.05) is 12.5 Å². The fourth-order valence-corrected chi connectivity index (χ4v) is 2.92. The van der Waals surface area contributed by atoms with Crippen LogP contribution >= 0.6 is 0 Å². The lowest BCUT2D eigenvalue weighted by molar-refractivity contribution is -0.132. The van der Waals surface area contributed by atoms with Crippen molar-refractivity contribution in [1.82, 2.24) is 10.6 Å². The average molecular weight is 310 g/mol. The summed E-state index contributed by atoms with van der Waals surface area (Å²) in [4.78, 5) is 24.7. The van der Waals surface area contributed by atoms with E-state index in [9.17, 15) is 9.59 Å². The first kappa shape index (κ1) is 19.0. The minimum atomic E-state index is -0.418. The van der Waals surface area contributed by atoms with Crippen LogP contribution in [0.4, 0.5) is 0 Å². The summed E-state index contributed by atoms with van der Waals surface area (Å²) in [5.41, 5.74) is 0. The third-order valence-corrected chi connectivity index (χ3v) is 4.65. The van der Waals surface area contributed by atoms with Gasteiger partial charge in [-0.2, -0.15) is 0 Å². The Bertz CT molecular complexity index is 358. The Kier molecular flexibility index (Phi) is 7.91. The number of carbonyl (C=O) groups is 2. The fourth-order valence-electron chi connectivity index (χ4n) is 2.92. The number of rotatable bonds is 7. The van der Waals surface area contributed by atoms with Gasteiger partial charge in [-0.1, -0.05) is 34.6 Å². The first-order valence-corrected chi connectivity index (χ1v) is 8.89. The molecule has 0 saturated heterocycles. The van der Waals surface area contributed by atoms with Crippen LogP contribution in [0.2, 0.25) is 0 Å². The number of nitrogens with one attached hydrogen (secondary N) is 2. The molecule has 1 fully saturated rings. The SMILES string of the molecule is CC(C)CCNC(=O)[C@@H](NC(=O)C1CCC(C)CC1)C(C)C. The van der Waals surface area contributed by atoms with Crippen LogP contribution in [0.1, 0.15) is 66.7 Å². The molecular weight excluding hydrogens is 276 g/mol. The Morgan fingerprint density at radius 2 is 1.64 bits per heavy atom. The Morgan fingerprint density at radius 1 is 1.05 bits per heavy atom. The van der Waals surface area contributed by atoms with Crippen molar-refractivity contribution in [3.05, 3.63) is 0 Å². The minimum Gasteiger partial charge on any atom is -0.354 e. The molecule has 0 unspecified atom stereocenters. The topological polar surface area (TPSA) is 58.2 Å². The van der Waals surface area contributed by atoms with E-state index in [2.05, 4.69) is 31.4 Å². The second-order valence-electron chi connectivity index (χ2n) is 7.66. The standard InChI is InChI=1S/C18H34N2O2/c1-12(2)10-11-19-18(22)16(13(3)4)20-17(21)15-8-6-14(5)7-9-15/h12-16H,6-11H2,1-5H3,(H,19,22)(H,20,21)/t14?,15?,16-/m0/s1. The number of hydrogen-bond donors (Lipinski definition) is 2. The van der Waals surface area contributed by atoms with E-state index in [4.69, 9.17) is 0 Å². The fraction of sp³-hybridized carbons (Fsp3) is 0.889. The second-order valence-corrected chi connectivity index (χ2v) is 7.66. The van der Waals surface area contributed by atoms with Crippen molar-refractivity contribution in [1.29, 1.82) is 0 Å². The van der Waals surface area contributed by atoms with Crippen LogP contribution in [-0.2, 0) is 9.59 Å². The zero-order valence-electron chi connectivity index (χ0n) is 14.9. The average Bonchev–Trinajstić information content (AvgIpc) is 2.44. The molecule has 0 aromatic carbocycles. The Balaban J connectivity index is 2.49. The lowest BCUT2D eigenvalue weighted by atomic mass is 9.82. The van der Waals surface area contributed by atoms with Gasteiger partial charge >= 0.3 is 0 Å². The molecule has 0 heterocycles. The van der Waals surface area contributed by atoms with Crippen molar-refractivity contribution in [3.8, 4) is 0 Å². The van der Waals surface area contributed by atoms with Crippen LogP contribution in [0.25, 0.3) is 0 Å². The monoisotopic (exact) mass is 310 g/mol. The molecule has 4 heteroatoms. The number of carbonyl (C=O) groups excluding carboxylic acids is 2. The lowest BCUT2D eigenvalue weighted by Gasteiger charge is -2.28. The molecule has 1 saturated carbocycles. The van der Waals surface area contributed by atoms with Gasteiger partial charge in [-0.15, -0.1) is 0 Å². The van der Waals surface area contributed by atoms with Crippen LogP contribution in [0.3, 0.4) is 0 Å². The van der Waals surface area contributed by atoms with E-state index in [0.29, 0.717) is 12.5 Å². The van der Waals surface area contributed by atoms with Gasteiger partial charge in [0.05, 0.1) is 0 Å². The van der Waals surface area contributed by atoms with Crippen molar-refractivity contribution in [2.75, 3.05) is 6.54 Å². The predicted octanol–water partition coefficient (Wildman–Crippen LogP) is 3.12. The molecule has 22 heavy (non-hydrogen) atoms. The summed E-state index contributed by atoms with van der Waals surface area (Å²) in [6.07, 6.45) is 5.10. The molecule has 0 aromatic heterocycles. The van der Waals surface area contributed by atoms with Crippen LogP contribution < -0.4 is 10.6 Å². The zero-order chi connectivity index (χ0) is 16.7. The van der Waals surface area contributed by atoms with Gasteiger partial charge in [0.1, 0.15) is 6.04 Å². The summed E-state index contributed by atoms with van der Waals surface area (Å²) in [7, 11) is 0. The summed E-state index contributed by atoms with van der Waals surface area (Å²) >= 11 is 0. The van der Waals surface area contributed by atoms with Gasteiger partial charge < -0.3 is 10.6 Å². The van der Waals surface area contributed by atoms with Crippen molar-refractivity contribution < 1.29 is 9.59 Å². The molecule has 0 aliphatic heterocycles. The minimum absolute atomic E-state index is 0.0480. The molecule has 1 aliphatic rings. The molecular formula is C18H34N2O2. The molecule has 2 amide bonds. The van der Waals surface area contributed by atoms with E-state index >= 15 is 0 Å². The Hall–Kier alpha value is -1.06. The second kappa shape index (κ2) is 9.16. The summed E-state index contributed by atoms with van der Waals surface area (Å²) in [6, 6.07) is -0.418. The molecule has 0 spiro atoms. The highest BCUT2D eigenvalue weighted by molar-refractivity contribution is 5.88. The van der Waals surface area contributed by atoms with Crippen molar-refractivity contribution in [2.45, 2.75) is 72.8 Å². The molecule has 4 nitrogen and oxygen atoms in total.